The Morgan fingerprint density at radius 2 is 1.81 bits per heavy atom. The maximum absolute atomic E-state index is 11.8. The van der Waals surface area contributed by atoms with Crippen LogP contribution >= 0.6 is 0 Å². The molecule has 0 aliphatic carbocycles. The quantitative estimate of drug-likeness (QED) is 0.363. The summed E-state index contributed by atoms with van der Waals surface area (Å²) in [6.07, 6.45) is 4.55. The van der Waals surface area contributed by atoms with E-state index < -0.39 is 11.5 Å². The smallest absolute Gasteiger partial charge is 0.407 e. The lowest BCUT2D eigenvalue weighted by molar-refractivity contribution is -0.153. The maximum Gasteiger partial charge on any atom is 0.407 e. The van der Waals surface area contributed by atoms with Crippen molar-refractivity contribution in [3.05, 3.63) is 0 Å². The lowest BCUT2D eigenvalue weighted by Gasteiger charge is -2.20. The minimum absolute atomic E-state index is 0.137. The van der Waals surface area contributed by atoms with Crippen molar-refractivity contribution in [1.82, 2.24) is 5.32 Å². The minimum Gasteiger partial charge on any atom is -0.463 e. The Bertz CT molecular complexity index is 398. The zero-order chi connectivity index (χ0) is 20.0. The van der Waals surface area contributed by atoms with E-state index in [4.69, 9.17) is 14.2 Å². The number of nitrogens with one attached hydrogen (secondary N) is 1. The molecule has 0 saturated heterocycles. The van der Waals surface area contributed by atoms with Gasteiger partial charge in [0.05, 0.1) is 18.6 Å². The van der Waals surface area contributed by atoms with Crippen LogP contribution in [0.3, 0.4) is 0 Å². The molecule has 0 saturated carbocycles. The van der Waals surface area contributed by atoms with Crippen LogP contribution in [0.1, 0.15) is 73.6 Å². The van der Waals surface area contributed by atoms with E-state index in [1.165, 1.54) is 19.3 Å². The molecule has 0 spiro atoms. The van der Waals surface area contributed by atoms with Crippen LogP contribution in [0.2, 0.25) is 0 Å². The molecule has 1 amide bonds. The van der Waals surface area contributed by atoms with Crippen LogP contribution in [0.15, 0.2) is 0 Å². The topological polar surface area (TPSA) is 73.9 Å². The van der Waals surface area contributed by atoms with Crippen molar-refractivity contribution in [1.29, 1.82) is 0 Å². The molecule has 6 heteroatoms. The first kappa shape index (κ1) is 24.7. The zero-order valence-corrected chi connectivity index (χ0v) is 17.6. The van der Waals surface area contributed by atoms with Crippen LogP contribution < -0.4 is 5.32 Å². The molecule has 26 heavy (non-hydrogen) atoms. The predicted octanol–water partition coefficient (Wildman–Crippen LogP) is 4.31. The van der Waals surface area contributed by atoms with Gasteiger partial charge < -0.3 is 19.5 Å². The molecule has 154 valence electrons. The van der Waals surface area contributed by atoms with Gasteiger partial charge in [-0.15, -0.1) is 0 Å². The molecule has 0 aromatic carbocycles. The summed E-state index contributed by atoms with van der Waals surface area (Å²) < 4.78 is 16.1. The Labute approximate surface area is 159 Å². The fourth-order valence-electron chi connectivity index (χ4n) is 2.19. The number of carbonyl (C=O) groups excluding carboxylic acids is 2. The van der Waals surface area contributed by atoms with E-state index in [2.05, 4.69) is 19.2 Å². The van der Waals surface area contributed by atoms with E-state index in [0.29, 0.717) is 25.6 Å². The van der Waals surface area contributed by atoms with Gasteiger partial charge >= 0.3 is 12.1 Å². The van der Waals surface area contributed by atoms with E-state index in [9.17, 15) is 9.59 Å². The largest absolute Gasteiger partial charge is 0.463 e. The fourth-order valence-corrected chi connectivity index (χ4v) is 2.19. The predicted molar refractivity (Wildman–Crippen MR) is 103 cm³/mol. The monoisotopic (exact) mass is 373 g/mol. The average molecular weight is 374 g/mol. The summed E-state index contributed by atoms with van der Waals surface area (Å²) >= 11 is 0. The van der Waals surface area contributed by atoms with Crippen molar-refractivity contribution in [3.63, 3.8) is 0 Å². The Morgan fingerprint density at radius 1 is 1.12 bits per heavy atom. The summed E-state index contributed by atoms with van der Waals surface area (Å²) in [6, 6.07) is 0. The van der Waals surface area contributed by atoms with Gasteiger partial charge in [-0.1, -0.05) is 40.0 Å². The number of alkyl carbamates (subject to hydrolysis) is 1. The van der Waals surface area contributed by atoms with E-state index in [1.54, 1.807) is 6.92 Å². The summed E-state index contributed by atoms with van der Waals surface area (Å²) in [5.41, 5.74) is -0.500. The highest BCUT2D eigenvalue weighted by Gasteiger charge is 2.26. The number of hydrogen-bond donors (Lipinski definition) is 1. The first-order valence-electron chi connectivity index (χ1n) is 9.96. The van der Waals surface area contributed by atoms with Crippen molar-refractivity contribution in [2.24, 2.45) is 11.3 Å². The standard InChI is InChI=1S/C20H39NO5/c1-7-10-11-17(8-2)15-24-14-16(4)26-19(23)21-12-13-25-18(22)20(5,6)9-3/h16-17H,7-15H2,1-6H3,(H,21,23). The molecule has 2 unspecified atom stereocenters. The molecular formula is C20H39NO5. The molecule has 0 aliphatic heterocycles. The van der Waals surface area contributed by atoms with Gasteiger partial charge in [-0.2, -0.15) is 0 Å². The molecule has 0 aromatic heterocycles. The lowest BCUT2D eigenvalue weighted by atomic mass is 9.91. The second-order valence-electron chi connectivity index (χ2n) is 7.47. The van der Waals surface area contributed by atoms with E-state index >= 15 is 0 Å². The first-order chi connectivity index (χ1) is 12.3. The SMILES string of the molecule is CCCCC(CC)COCC(C)OC(=O)NCCOC(=O)C(C)(C)CC. The van der Waals surface area contributed by atoms with Crippen LogP contribution in [0, 0.1) is 11.3 Å². The van der Waals surface area contributed by atoms with Crippen LogP contribution in [0.5, 0.6) is 0 Å². The van der Waals surface area contributed by atoms with Gasteiger partial charge in [0.2, 0.25) is 0 Å². The molecule has 0 bridgehead atoms. The highest BCUT2D eigenvalue weighted by Crippen LogP contribution is 2.21. The van der Waals surface area contributed by atoms with Gasteiger partial charge in [0, 0.05) is 6.61 Å². The van der Waals surface area contributed by atoms with Crippen LogP contribution in [0.4, 0.5) is 4.79 Å². The van der Waals surface area contributed by atoms with Gasteiger partial charge in [-0.3, -0.25) is 4.79 Å². The van der Waals surface area contributed by atoms with Crippen molar-refractivity contribution in [2.45, 2.75) is 79.8 Å². The summed E-state index contributed by atoms with van der Waals surface area (Å²) in [7, 11) is 0. The van der Waals surface area contributed by atoms with Gasteiger partial charge in [0.15, 0.2) is 0 Å². The normalized spacial score (nSPS) is 13.8. The molecule has 0 heterocycles. The molecule has 2 atom stereocenters. The molecule has 0 fully saturated rings. The Hall–Kier alpha value is -1.30. The highest BCUT2D eigenvalue weighted by molar-refractivity contribution is 5.75. The lowest BCUT2D eigenvalue weighted by Crippen LogP contribution is -2.34. The summed E-state index contributed by atoms with van der Waals surface area (Å²) in [5, 5.41) is 2.58. The molecule has 0 rings (SSSR count). The van der Waals surface area contributed by atoms with Crippen molar-refractivity contribution >= 4 is 12.1 Å². The van der Waals surface area contributed by atoms with Gasteiger partial charge in [-0.25, -0.2) is 4.79 Å². The second-order valence-corrected chi connectivity index (χ2v) is 7.47. The average Bonchev–Trinajstić information content (AvgIpc) is 2.61. The molecular weight excluding hydrogens is 334 g/mol. The fraction of sp³-hybridized carbons (Fsp3) is 0.900. The summed E-state index contributed by atoms with van der Waals surface area (Å²) in [4.78, 5) is 23.5. The van der Waals surface area contributed by atoms with E-state index in [-0.39, 0.29) is 25.2 Å². The van der Waals surface area contributed by atoms with Gasteiger partial charge in [0.25, 0.3) is 0 Å². The molecule has 0 radical (unpaired) electrons. The number of esters is 1. The number of amides is 1. The molecule has 0 aliphatic rings. The van der Waals surface area contributed by atoms with Crippen LogP contribution in [-0.2, 0) is 19.0 Å². The van der Waals surface area contributed by atoms with E-state index in [0.717, 1.165) is 6.42 Å². The number of hydrogen-bond acceptors (Lipinski definition) is 5. The molecule has 6 nitrogen and oxygen atoms in total. The Balaban J connectivity index is 3.84. The first-order valence-corrected chi connectivity index (χ1v) is 9.96. The summed E-state index contributed by atoms with van der Waals surface area (Å²) in [6.45, 7) is 13.2. The third-order valence-corrected chi connectivity index (χ3v) is 4.60. The number of carbonyl (C=O) groups is 2. The van der Waals surface area contributed by atoms with E-state index in [1.807, 2.05) is 20.8 Å². The third kappa shape index (κ3) is 11.3. The Morgan fingerprint density at radius 3 is 2.38 bits per heavy atom. The number of ether oxygens (including phenoxy) is 3. The zero-order valence-electron chi connectivity index (χ0n) is 17.6. The van der Waals surface area contributed by atoms with Crippen LogP contribution in [-0.4, -0.2) is 44.5 Å². The third-order valence-electron chi connectivity index (χ3n) is 4.60. The number of unbranched alkanes of at least 4 members (excludes halogenated alkanes) is 1. The molecule has 1 N–H and O–H groups in total. The highest BCUT2D eigenvalue weighted by atomic mass is 16.6. The van der Waals surface area contributed by atoms with Crippen molar-refractivity contribution < 1.29 is 23.8 Å². The van der Waals surface area contributed by atoms with Crippen molar-refractivity contribution in [3.8, 4) is 0 Å². The Kier molecular flexibility index (Phi) is 13.2. The maximum atomic E-state index is 11.8. The molecule has 0 aromatic rings. The second kappa shape index (κ2) is 13.8. The van der Waals surface area contributed by atoms with Crippen molar-refractivity contribution in [2.75, 3.05) is 26.4 Å². The van der Waals surface area contributed by atoms with Gasteiger partial charge in [-0.05, 0) is 39.5 Å². The van der Waals surface area contributed by atoms with Crippen LogP contribution in [0.25, 0.3) is 0 Å². The summed E-state index contributed by atoms with van der Waals surface area (Å²) in [5.74, 6) is 0.309. The number of rotatable bonds is 14. The van der Waals surface area contributed by atoms with Gasteiger partial charge in [0.1, 0.15) is 12.7 Å². The minimum atomic E-state index is -0.523.